The van der Waals surface area contributed by atoms with Gasteiger partial charge in [0.1, 0.15) is 21.9 Å². The molecule has 0 saturated heterocycles. The SMILES string of the molecule is CC(C)(C)OC(=O)C(N)Cc1ccc(Cl)nc1Cl. The van der Waals surface area contributed by atoms with Gasteiger partial charge in [0.2, 0.25) is 0 Å². The number of nitrogens with zero attached hydrogens (tertiary/aromatic N) is 1. The zero-order valence-corrected chi connectivity index (χ0v) is 12.0. The van der Waals surface area contributed by atoms with Crippen molar-refractivity contribution in [1.29, 1.82) is 0 Å². The number of ether oxygens (including phenoxy) is 1. The standard InChI is InChI=1S/C12H16Cl2N2O2/c1-12(2,3)18-11(17)8(15)6-7-4-5-9(13)16-10(7)14/h4-5,8H,6,15H2,1-3H3. The molecular weight excluding hydrogens is 275 g/mol. The third-order valence-electron chi connectivity index (χ3n) is 2.04. The van der Waals surface area contributed by atoms with Crippen molar-refractivity contribution in [2.75, 3.05) is 0 Å². The Bertz CT molecular complexity index is 444. The van der Waals surface area contributed by atoms with E-state index >= 15 is 0 Å². The first-order valence-electron chi connectivity index (χ1n) is 5.48. The summed E-state index contributed by atoms with van der Waals surface area (Å²) in [5.41, 5.74) is 5.88. The molecule has 1 unspecified atom stereocenters. The Morgan fingerprint density at radius 3 is 2.56 bits per heavy atom. The number of carbonyl (C=O) groups excluding carboxylic acids is 1. The molecule has 4 nitrogen and oxygen atoms in total. The second-order valence-corrected chi connectivity index (χ2v) is 5.67. The summed E-state index contributed by atoms with van der Waals surface area (Å²) in [6, 6.07) is 2.52. The maximum atomic E-state index is 11.7. The van der Waals surface area contributed by atoms with Crippen LogP contribution < -0.4 is 5.73 Å². The summed E-state index contributed by atoms with van der Waals surface area (Å²) in [5, 5.41) is 0.552. The number of carbonyl (C=O) groups is 1. The van der Waals surface area contributed by atoms with Crippen LogP contribution in [-0.2, 0) is 16.0 Å². The summed E-state index contributed by atoms with van der Waals surface area (Å²) >= 11 is 11.6. The highest BCUT2D eigenvalue weighted by atomic mass is 35.5. The Kier molecular flexibility index (Phi) is 4.96. The molecule has 1 aromatic heterocycles. The van der Waals surface area contributed by atoms with Crippen molar-refractivity contribution in [3.8, 4) is 0 Å². The van der Waals surface area contributed by atoms with Gasteiger partial charge in [-0.25, -0.2) is 4.98 Å². The van der Waals surface area contributed by atoms with E-state index in [9.17, 15) is 4.79 Å². The molecule has 0 fully saturated rings. The molecule has 0 aliphatic heterocycles. The number of nitrogens with two attached hydrogens (primary N) is 1. The van der Waals surface area contributed by atoms with Crippen molar-refractivity contribution in [3.05, 3.63) is 28.0 Å². The van der Waals surface area contributed by atoms with Crippen molar-refractivity contribution in [1.82, 2.24) is 4.98 Å². The maximum Gasteiger partial charge on any atom is 0.323 e. The Labute approximate surface area is 116 Å². The smallest absolute Gasteiger partial charge is 0.323 e. The van der Waals surface area contributed by atoms with Crippen LogP contribution in [0.1, 0.15) is 26.3 Å². The number of esters is 1. The Morgan fingerprint density at radius 1 is 1.44 bits per heavy atom. The molecule has 100 valence electrons. The van der Waals surface area contributed by atoms with Crippen LogP contribution in [0.5, 0.6) is 0 Å². The zero-order chi connectivity index (χ0) is 13.9. The van der Waals surface area contributed by atoms with Gasteiger partial charge in [-0.05, 0) is 32.4 Å². The van der Waals surface area contributed by atoms with Crippen molar-refractivity contribution < 1.29 is 9.53 Å². The van der Waals surface area contributed by atoms with Crippen molar-refractivity contribution in [2.45, 2.75) is 38.8 Å². The van der Waals surface area contributed by atoms with E-state index < -0.39 is 17.6 Å². The molecule has 0 spiro atoms. The number of hydrogen-bond donors (Lipinski definition) is 1. The second kappa shape index (κ2) is 5.87. The van der Waals surface area contributed by atoms with Gasteiger partial charge < -0.3 is 10.5 Å². The molecule has 0 aromatic carbocycles. The number of hydrogen-bond acceptors (Lipinski definition) is 4. The first-order chi connectivity index (χ1) is 8.19. The largest absolute Gasteiger partial charge is 0.459 e. The summed E-state index contributed by atoms with van der Waals surface area (Å²) in [5.74, 6) is -0.464. The maximum absolute atomic E-state index is 11.7. The molecule has 1 atom stereocenters. The van der Waals surface area contributed by atoms with E-state index in [4.69, 9.17) is 33.7 Å². The van der Waals surface area contributed by atoms with Gasteiger partial charge in [-0.1, -0.05) is 29.3 Å². The number of aromatic nitrogens is 1. The number of pyridine rings is 1. The van der Waals surface area contributed by atoms with Crippen molar-refractivity contribution in [3.63, 3.8) is 0 Å². The monoisotopic (exact) mass is 290 g/mol. The van der Waals surface area contributed by atoms with Crippen LogP contribution in [0.3, 0.4) is 0 Å². The van der Waals surface area contributed by atoms with Gasteiger partial charge in [0.25, 0.3) is 0 Å². The highest BCUT2D eigenvalue weighted by Crippen LogP contribution is 2.18. The van der Waals surface area contributed by atoms with Gasteiger partial charge in [0, 0.05) is 6.42 Å². The van der Waals surface area contributed by atoms with Crippen LogP contribution in [0.4, 0.5) is 0 Å². The minimum Gasteiger partial charge on any atom is -0.459 e. The third kappa shape index (κ3) is 4.80. The molecule has 18 heavy (non-hydrogen) atoms. The lowest BCUT2D eigenvalue weighted by atomic mass is 10.1. The molecule has 1 aromatic rings. The average Bonchev–Trinajstić information content (AvgIpc) is 2.19. The van der Waals surface area contributed by atoms with Crippen LogP contribution in [0.25, 0.3) is 0 Å². The molecule has 0 aliphatic carbocycles. The minimum absolute atomic E-state index is 0.251. The lowest BCUT2D eigenvalue weighted by molar-refractivity contribution is -0.156. The van der Waals surface area contributed by atoms with Crippen LogP contribution >= 0.6 is 23.2 Å². The first-order valence-corrected chi connectivity index (χ1v) is 6.24. The van der Waals surface area contributed by atoms with Crippen LogP contribution in [0, 0.1) is 0 Å². The quantitative estimate of drug-likeness (QED) is 0.686. The molecule has 2 N–H and O–H groups in total. The molecule has 0 bridgehead atoms. The molecule has 0 amide bonds. The average molecular weight is 291 g/mol. The fourth-order valence-corrected chi connectivity index (χ4v) is 1.71. The van der Waals surface area contributed by atoms with Gasteiger partial charge in [-0.3, -0.25) is 4.79 Å². The predicted molar refractivity (Wildman–Crippen MR) is 71.8 cm³/mol. The highest BCUT2D eigenvalue weighted by Gasteiger charge is 2.23. The third-order valence-corrected chi connectivity index (χ3v) is 2.58. The van der Waals surface area contributed by atoms with Crippen LogP contribution in [-0.4, -0.2) is 22.6 Å². The topological polar surface area (TPSA) is 65.2 Å². The van der Waals surface area contributed by atoms with E-state index in [1.807, 2.05) is 0 Å². The number of halogens is 2. The molecule has 0 aliphatic rings. The molecule has 1 rings (SSSR count). The van der Waals surface area contributed by atoms with Gasteiger partial charge in [-0.15, -0.1) is 0 Å². The predicted octanol–water partition coefficient (Wildman–Crippen LogP) is 2.60. The number of rotatable bonds is 3. The molecular formula is C12H16Cl2N2O2. The zero-order valence-electron chi connectivity index (χ0n) is 10.5. The minimum atomic E-state index is -0.773. The molecule has 6 heteroatoms. The van der Waals surface area contributed by atoms with Gasteiger partial charge >= 0.3 is 5.97 Å². The first kappa shape index (κ1) is 15.2. The summed E-state index contributed by atoms with van der Waals surface area (Å²) in [6.07, 6.45) is 0.262. The highest BCUT2D eigenvalue weighted by molar-refractivity contribution is 6.32. The van der Waals surface area contributed by atoms with Crippen molar-refractivity contribution >= 4 is 29.2 Å². The Hall–Kier alpha value is -0.840. The van der Waals surface area contributed by atoms with E-state index in [1.165, 1.54) is 0 Å². The van der Waals surface area contributed by atoms with E-state index in [2.05, 4.69) is 4.98 Å². The summed E-state index contributed by atoms with van der Waals surface area (Å²) < 4.78 is 5.18. The normalized spacial score (nSPS) is 13.2. The second-order valence-electron chi connectivity index (χ2n) is 4.93. The van der Waals surface area contributed by atoms with Gasteiger partial charge in [0.05, 0.1) is 0 Å². The van der Waals surface area contributed by atoms with E-state index in [0.717, 1.165) is 0 Å². The lowest BCUT2D eigenvalue weighted by Crippen LogP contribution is -2.38. The van der Waals surface area contributed by atoms with Gasteiger partial charge in [0.15, 0.2) is 0 Å². The Balaban J connectivity index is 2.69. The molecule has 0 saturated carbocycles. The summed E-state index contributed by atoms with van der Waals surface area (Å²) in [7, 11) is 0. The summed E-state index contributed by atoms with van der Waals surface area (Å²) in [6.45, 7) is 5.36. The van der Waals surface area contributed by atoms with Crippen LogP contribution in [0.2, 0.25) is 10.3 Å². The van der Waals surface area contributed by atoms with E-state index in [1.54, 1.807) is 32.9 Å². The van der Waals surface area contributed by atoms with Gasteiger partial charge in [-0.2, -0.15) is 0 Å². The van der Waals surface area contributed by atoms with E-state index in [0.29, 0.717) is 10.7 Å². The fourth-order valence-electron chi connectivity index (χ4n) is 1.29. The van der Waals surface area contributed by atoms with Crippen molar-refractivity contribution in [2.24, 2.45) is 5.73 Å². The van der Waals surface area contributed by atoms with Crippen LogP contribution in [0.15, 0.2) is 12.1 Å². The van der Waals surface area contributed by atoms with E-state index in [-0.39, 0.29) is 11.6 Å². The fraction of sp³-hybridized carbons (Fsp3) is 0.500. The Morgan fingerprint density at radius 2 is 2.06 bits per heavy atom. The molecule has 0 radical (unpaired) electrons. The lowest BCUT2D eigenvalue weighted by Gasteiger charge is -2.22. The molecule has 1 heterocycles. The summed E-state index contributed by atoms with van der Waals surface area (Å²) in [4.78, 5) is 15.6.